The molecule has 1 N–H and O–H groups in total. The van der Waals surface area contributed by atoms with Gasteiger partial charge in [0.15, 0.2) is 0 Å². The van der Waals surface area contributed by atoms with Crippen LogP contribution in [0.4, 0.5) is 11.5 Å². The van der Waals surface area contributed by atoms with Gasteiger partial charge in [0.25, 0.3) is 5.69 Å². The van der Waals surface area contributed by atoms with Crippen LogP contribution in [-0.4, -0.2) is 20.8 Å². The molecule has 0 saturated heterocycles. The highest BCUT2D eigenvalue weighted by molar-refractivity contribution is 5.87. The second-order valence-corrected chi connectivity index (χ2v) is 3.78. The zero-order valence-corrected chi connectivity index (χ0v) is 10.4. The molecule has 20 heavy (non-hydrogen) atoms. The number of hydrogen-bond donors (Lipinski definition) is 1. The molecule has 1 amide bonds. The van der Waals surface area contributed by atoms with Crippen LogP contribution in [-0.2, 0) is 4.79 Å². The van der Waals surface area contributed by atoms with Crippen LogP contribution >= 0.6 is 0 Å². The number of amides is 1. The van der Waals surface area contributed by atoms with Crippen LogP contribution in [0.5, 0.6) is 11.6 Å². The smallest absolute Gasteiger partial charge is 0.269 e. The second kappa shape index (κ2) is 5.74. The van der Waals surface area contributed by atoms with Crippen molar-refractivity contribution in [1.29, 1.82) is 0 Å². The van der Waals surface area contributed by atoms with Crippen LogP contribution in [0.3, 0.4) is 0 Å². The summed E-state index contributed by atoms with van der Waals surface area (Å²) in [5.74, 6) is 0.662. The van der Waals surface area contributed by atoms with Crippen LogP contribution in [0.1, 0.15) is 6.92 Å². The van der Waals surface area contributed by atoms with Gasteiger partial charge < -0.3 is 10.1 Å². The zero-order chi connectivity index (χ0) is 14.5. The number of nitrogens with zero attached hydrogens (tertiary/aromatic N) is 3. The summed E-state index contributed by atoms with van der Waals surface area (Å²) in [7, 11) is 0. The summed E-state index contributed by atoms with van der Waals surface area (Å²) in [6, 6.07) is 7.01. The van der Waals surface area contributed by atoms with E-state index >= 15 is 0 Å². The van der Waals surface area contributed by atoms with Crippen molar-refractivity contribution in [2.75, 3.05) is 5.32 Å². The molecule has 0 unspecified atom stereocenters. The zero-order valence-electron chi connectivity index (χ0n) is 10.4. The summed E-state index contributed by atoms with van der Waals surface area (Å²) in [5, 5.41) is 13.0. The molecule has 2 rings (SSSR count). The quantitative estimate of drug-likeness (QED) is 0.676. The number of anilines is 1. The molecule has 1 aromatic heterocycles. The van der Waals surface area contributed by atoms with E-state index in [1.54, 1.807) is 0 Å². The van der Waals surface area contributed by atoms with E-state index in [9.17, 15) is 14.9 Å². The molecule has 0 aliphatic rings. The first-order chi connectivity index (χ1) is 9.54. The topological polar surface area (TPSA) is 107 Å². The van der Waals surface area contributed by atoms with Crippen molar-refractivity contribution < 1.29 is 14.5 Å². The van der Waals surface area contributed by atoms with Crippen LogP contribution < -0.4 is 10.1 Å². The number of carbonyl (C=O) groups is 1. The SMILES string of the molecule is CC(=O)Nc1cc(Oc2ccc([N+](=O)[O-])cc2)ncn1. The molecule has 0 aliphatic carbocycles. The van der Waals surface area contributed by atoms with Gasteiger partial charge in [-0.05, 0) is 12.1 Å². The number of aromatic nitrogens is 2. The molecular weight excluding hydrogens is 264 g/mol. The van der Waals surface area contributed by atoms with E-state index in [1.807, 2.05) is 0 Å². The summed E-state index contributed by atoms with van der Waals surface area (Å²) in [6.45, 7) is 1.36. The van der Waals surface area contributed by atoms with Gasteiger partial charge in [-0.15, -0.1) is 0 Å². The van der Waals surface area contributed by atoms with E-state index in [0.29, 0.717) is 11.6 Å². The Bertz CT molecular complexity index is 642. The lowest BCUT2D eigenvalue weighted by molar-refractivity contribution is -0.384. The lowest BCUT2D eigenvalue weighted by Crippen LogP contribution is -2.07. The maximum absolute atomic E-state index is 10.9. The number of non-ortho nitro benzene ring substituents is 1. The minimum atomic E-state index is -0.497. The summed E-state index contributed by atoms with van der Waals surface area (Å²) in [4.78, 5) is 28.7. The number of nitro benzene ring substituents is 1. The number of nitro groups is 1. The molecule has 8 heteroatoms. The Morgan fingerprint density at radius 2 is 2.00 bits per heavy atom. The van der Waals surface area contributed by atoms with Crippen molar-refractivity contribution in [2.45, 2.75) is 6.92 Å². The van der Waals surface area contributed by atoms with Crippen LogP contribution in [0.2, 0.25) is 0 Å². The molecule has 102 valence electrons. The third kappa shape index (κ3) is 3.48. The molecule has 1 aromatic carbocycles. The number of carbonyl (C=O) groups excluding carboxylic acids is 1. The van der Waals surface area contributed by atoms with Crippen molar-refractivity contribution in [3.05, 3.63) is 46.8 Å². The molecule has 1 heterocycles. The second-order valence-electron chi connectivity index (χ2n) is 3.78. The van der Waals surface area contributed by atoms with Gasteiger partial charge >= 0.3 is 0 Å². The predicted molar refractivity (Wildman–Crippen MR) is 69.5 cm³/mol. The van der Waals surface area contributed by atoms with Gasteiger partial charge in [-0.1, -0.05) is 0 Å². The Morgan fingerprint density at radius 1 is 1.30 bits per heavy atom. The fourth-order valence-electron chi connectivity index (χ4n) is 1.40. The molecule has 0 atom stereocenters. The third-order valence-corrected chi connectivity index (χ3v) is 2.22. The van der Waals surface area contributed by atoms with E-state index in [2.05, 4.69) is 15.3 Å². The average molecular weight is 274 g/mol. The highest BCUT2D eigenvalue weighted by Crippen LogP contribution is 2.23. The van der Waals surface area contributed by atoms with E-state index in [-0.39, 0.29) is 17.5 Å². The fourth-order valence-corrected chi connectivity index (χ4v) is 1.40. The van der Waals surface area contributed by atoms with Crippen molar-refractivity contribution in [3.63, 3.8) is 0 Å². The first-order valence-electron chi connectivity index (χ1n) is 5.56. The molecule has 0 spiro atoms. The van der Waals surface area contributed by atoms with Gasteiger partial charge in [-0.25, -0.2) is 9.97 Å². The highest BCUT2D eigenvalue weighted by atomic mass is 16.6. The summed E-state index contributed by atoms with van der Waals surface area (Å²) in [5.41, 5.74) is -0.0287. The van der Waals surface area contributed by atoms with E-state index < -0.39 is 4.92 Å². The molecule has 0 radical (unpaired) electrons. The minimum Gasteiger partial charge on any atom is -0.439 e. The molecule has 2 aromatic rings. The first kappa shape index (κ1) is 13.4. The van der Waals surface area contributed by atoms with Crippen molar-refractivity contribution >= 4 is 17.4 Å². The Balaban J connectivity index is 2.13. The number of rotatable bonds is 4. The van der Waals surface area contributed by atoms with Gasteiger partial charge in [0, 0.05) is 25.1 Å². The van der Waals surface area contributed by atoms with E-state index in [1.165, 1.54) is 43.6 Å². The van der Waals surface area contributed by atoms with E-state index in [4.69, 9.17) is 4.74 Å². The van der Waals surface area contributed by atoms with Gasteiger partial charge in [0.1, 0.15) is 17.9 Å². The van der Waals surface area contributed by atoms with Crippen molar-refractivity contribution in [1.82, 2.24) is 9.97 Å². The predicted octanol–water partition coefficient (Wildman–Crippen LogP) is 2.14. The molecule has 0 fully saturated rings. The van der Waals surface area contributed by atoms with Gasteiger partial charge in [0.2, 0.25) is 11.8 Å². The fraction of sp³-hybridized carbons (Fsp3) is 0.0833. The number of benzene rings is 1. The maximum Gasteiger partial charge on any atom is 0.269 e. The number of nitrogens with one attached hydrogen (secondary N) is 1. The molecule has 0 saturated carbocycles. The summed E-state index contributed by atoms with van der Waals surface area (Å²) in [6.07, 6.45) is 1.24. The van der Waals surface area contributed by atoms with Gasteiger partial charge in [-0.2, -0.15) is 0 Å². The van der Waals surface area contributed by atoms with Gasteiger partial charge in [0.05, 0.1) is 4.92 Å². The van der Waals surface area contributed by atoms with Crippen molar-refractivity contribution in [3.8, 4) is 11.6 Å². The largest absolute Gasteiger partial charge is 0.439 e. The van der Waals surface area contributed by atoms with Crippen LogP contribution in [0, 0.1) is 10.1 Å². The van der Waals surface area contributed by atoms with Gasteiger partial charge in [-0.3, -0.25) is 14.9 Å². The number of hydrogen-bond acceptors (Lipinski definition) is 6. The lowest BCUT2D eigenvalue weighted by Gasteiger charge is -2.05. The monoisotopic (exact) mass is 274 g/mol. The molecule has 8 nitrogen and oxygen atoms in total. The molecular formula is C12H10N4O4. The summed E-state index contributed by atoms with van der Waals surface area (Å²) < 4.78 is 5.41. The Labute approximate surface area is 113 Å². The Kier molecular flexibility index (Phi) is 3.85. The first-order valence-corrected chi connectivity index (χ1v) is 5.56. The standard InChI is InChI=1S/C12H10N4O4/c1-8(17)15-11-6-12(14-7-13-11)20-10-4-2-9(3-5-10)16(18)19/h2-7H,1H3,(H,13,14,15,17). The lowest BCUT2D eigenvalue weighted by atomic mass is 10.3. The Morgan fingerprint density at radius 3 is 2.60 bits per heavy atom. The minimum absolute atomic E-state index is 0.0287. The Hall–Kier alpha value is -3.03. The molecule has 0 aliphatic heterocycles. The highest BCUT2D eigenvalue weighted by Gasteiger charge is 2.06. The normalized spacial score (nSPS) is 9.85. The van der Waals surface area contributed by atoms with Crippen LogP contribution in [0.15, 0.2) is 36.7 Å². The van der Waals surface area contributed by atoms with Crippen molar-refractivity contribution in [2.24, 2.45) is 0 Å². The number of ether oxygens (including phenoxy) is 1. The van der Waals surface area contributed by atoms with Crippen LogP contribution in [0.25, 0.3) is 0 Å². The molecule has 0 bridgehead atoms. The average Bonchev–Trinajstić information content (AvgIpc) is 2.39. The maximum atomic E-state index is 10.9. The third-order valence-electron chi connectivity index (χ3n) is 2.22. The van der Waals surface area contributed by atoms with E-state index in [0.717, 1.165) is 0 Å². The summed E-state index contributed by atoms with van der Waals surface area (Å²) >= 11 is 0.